The fraction of sp³-hybridized carbons (Fsp3) is 0.533. The van der Waals surface area contributed by atoms with Crippen LogP contribution >= 0.6 is 0 Å². The van der Waals surface area contributed by atoms with Gasteiger partial charge in [0.1, 0.15) is 0 Å². The second kappa shape index (κ2) is 7.85. The first-order valence-electron chi connectivity index (χ1n) is 6.66. The monoisotopic (exact) mass is 283 g/mol. The molecule has 0 aromatic heterocycles. The minimum atomic E-state index is -0.489. The van der Waals surface area contributed by atoms with Crippen LogP contribution in [0.1, 0.15) is 31.1 Å². The van der Waals surface area contributed by atoms with Crippen LogP contribution < -0.4 is 10.1 Å². The topological polar surface area (TPSA) is 47.6 Å². The highest BCUT2D eigenvalue weighted by Crippen LogP contribution is 2.18. The summed E-state index contributed by atoms with van der Waals surface area (Å²) in [5.41, 5.74) is 0.360. The van der Waals surface area contributed by atoms with Crippen molar-refractivity contribution in [2.45, 2.75) is 26.8 Å². The molecule has 0 aliphatic rings. The highest BCUT2D eigenvalue weighted by atomic mass is 19.1. The fourth-order valence-electron chi connectivity index (χ4n) is 1.63. The van der Waals surface area contributed by atoms with E-state index in [4.69, 9.17) is 9.47 Å². The van der Waals surface area contributed by atoms with Gasteiger partial charge in [-0.25, -0.2) is 4.39 Å². The summed E-state index contributed by atoms with van der Waals surface area (Å²) in [6.07, 6.45) is 0. The van der Waals surface area contributed by atoms with E-state index in [1.54, 1.807) is 0 Å². The summed E-state index contributed by atoms with van der Waals surface area (Å²) < 4.78 is 23.6. The predicted octanol–water partition coefficient (Wildman–Crippen LogP) is 2.63. The molecule has 1 amide bonds. The summed E-state index contributed by atoms with van der Waals surface area (Å²) >= 11 is 0. The Labute approximate surface area is 119 Å². The number of hydrogen-bond acceptors (Lipinski definition) is 3. The van der Waals surface area contributed by atoms with Gasteiger partial charge in [-0.15, -0.1) is 0 Å². The van der Waals surface area contributed by atoms with Crippen molar-refractivity contribution in [3.05, 3.63) is 29.6 Å². The Bertz CT molecular complexity index is 449. The lowest BCUT2D eigenvalue weighted by atomic mass is 10.2. The zero-order valence-electron chi connectivity index (χ0n) is 12.4. The Hall–Kier alpha value is -1.62. The van der Waals surface area contributed by atoms with Crippen molar-refractivity contribution in [2.75, 3.05) is 20.3 Å². The molecule has 1 atom stereocenters. The largest absolute Gasteiger partial charge is 0.494 e. The van der Waals surface area contributed by atoms with Gasteiger partial charge in [-0.1, -0.05) is 13.8 Å². The fourth-order valence-corrected chi connectivity index (χ4v) is 1.63. The molecule has 20 heavy (non-hydrogen) atoms. The van der Waals surface area contributed by atoms with Crippen molar-refractivity contribution in [3.8, 4) is 5.75 Å². The van der Waals surface area contributed by atoms with E-state index in [9.17, 15) is 9.18 Å². The molecular formula is C15H22FNO3. The predicted molar refractivity (Wildman–Crippen MR) is 75.5 cm³/mol. The van der Waals surface area contributed by atoms with Crippen LogP contribution in [0.15, 0.2) is 18.2 Å². The summed E-state index contributed by atoms with van der Waals surface area (Å²) in [4.78, 5) is 12.0. The number of benzene rings is 1. The van der Waals surface area contributed by atoms with Crippen LogP contribution in [-0.4, -0.2) is 32.3 Å². The molecule has 1 N–H and O–H groups in total. The Morgan fingerprint density at radius 2 is 2.00 bits per heavy atom. The number of amides is 1. The maximum atomic E-state index is 13.3. The molecule has 1 aromatic rings. The third-order valence-electron chi connectivity index (χ3n) is 2.61. The Morgan fingerprint density at radius 1 is 1.30 bits per heavy atom. The van der Waals surface area contributed by atoms with Gasteiger partial charge in [0.05, 0.1) is 13.7 Å². The summed E-state index contributed by atoms with van der Waals surface area (Å²) in [6, 6.07) is 3.91. The Kier molecular flexibility index (Phi) is 6.45. The molecule has 0 radical (unpaired) electrons. The van der Waals surface area contributed by atoms with Crippen LogP contribution in [0.3, 0.4) is 0 Å². The van der Waals surface area contributed by atoms with Crippen LogP contribution in [-0.2, 0) is 4.74 Å². The van der Waals surface area contributed by atoms with E-state index in [1.807, 2.05) is 6.92 Å². The van der Waals surface area contributed by atoms with Crippen molar-refractivity contribution in [2.24, 2.45) is 5.92 Å². The quantitative estimate of drug-likeness (QED) is 0.837. The first kappa shape index (κ1) is 16.4. The van der Waals surface area contributed by atoms with Gasteiger partial charge in [-0.05, 0) is 31.0 Å². The number of hydrogen-bond donors (Lipinski definition) is 1. The van der Waals surface area contributed by atoms with Crippen molar-refractivity contribution in [1.82, 2.24) is 5.32 Å². The van der Waals surface area contributed by atoms with Crippen molar-refractivity contribution in [1.29, 1.82) is 0 Å². The minimum absolute atomic E-state index is 0.0568. The number of halogens is 1. The molecule has 0 unspecified atom stereocenters. The molecule has 4 nitrogen and oxygen atoms in total. The van der Waals surface area contributed by atoms with Crippen molar-refractivity contribution >= 4 is 5.91 Å². The number of rotatable bonds is 7. The van der Waals surface area contributed by atoms with Gasteiger partial charge in [0.25, 0.3) is 5.91 Å². The molecule has 1 aromatic carbocycles. The molecule has 0 saturated heterocycles. The molecule has 112 valence electrons. The third-order valence-corrected chi connectivity index (χ3v) is 2.61. The van der Waals surface area contributed by atoms with E-state index < -0.39 is 5.82 Å². The molecule has 0 aliphatic heterocycles. The Morgan fingerprint density at radius 3 is 2.60 bits per heavy atom. The Balaban J connectivity index is 2.53. The van der Waals surface area contributed by atoms with E-state index in [0.29, 0.717) is 24.7 Å². The standard InChI is InChI=1S/C15H22FNO3/c1-10(2)8-20-9-11(3)17-15(18)12-5-6-13(16)14(7-12)19-4/h5-7,10-11H,8-9H2,1-4H3,(H,17,18)/t11-/m1/s1. The van der Waals surface area contributed by atoms with E-state index in [1.165, 1.54) is 25.3 Å². The zero-order valence-corrected chi connectivity index (χ0v) is 12.4. The molecular weight excluding hydrogens is 261 g/mol. The van der Waals surface area contributed by atoms with Crippen LogP contribution in [0.4, 0.5) is 4.39 Å². The molecule has 0 aliphatic carbocycles. The highest BCUT2D eigenvalue weighted by Gasteiger charge is 2.12. The van der Waals surface area contributed by atoms with Crippen molar-refractivity contribution in [3.63, 3.8) is 0 Å². The maximum absolute atomic E-state index is 13.3. The van der Waals surface area contributed by atoms with Crippen LogP contribution in [0.2, 0.25) is 0 Å². The normalized spacial score (nSPS) is 12.3. The third kappa shape index (κ3) is 5.17. The summed E-state index contributed by atoms with van der Waals surface area (Å²) in [6.45, 7) is 7.09. The maximum Gasteiger partial charge on any atom is 0.251 e. The smallest absolute Gasteiger partial charge is 0.251 e. The molecule has 1 rings (SSSR count). The van der Waals surface area contributed by atoms with Gasteiger partial charge < -0.3 is 14.8 Å². The molecule has 0 heterocycles. The molecule has 0 saturated carbocycles. The molecule has 5 heteroatoms. The van der Waals surface area contributed by atoms with Gasteiger partial charge in [0, 0.05) is 18.2 Å². The summed E-state index contributed by atoms with van der Waals surface area (Å²) in [5.74, 6) is -0.248. The number of ether oxygens (including phenoxy) is 2. The average Bonchev–Trinajstić information content (AvgIpc) is 2.38. The number of carbonyl (C=O) groups is 1. The SMILES string of the molecule is COc1cc(C(=O)N[C@H](C)COCC(C)C)ccc1F. The van der Waals surface area contributed by atoms with Gasteiger partial charge in [0.2, 0.25) is 0 Å². The average molecular weight is 283 g/mol. The lowest BCUT2D eigenvalue weighted by Crippen LogP contribution is -2.36. The molecule has 0 bridgehead atoms. The van der Waals surface area contributed by atoms with Gasteiger partial charge in [-0.2, -0.15) is 0 Å². The van der Waals surface area contributed by atoms with Crippen molar-refractivity contribution < 1.29 is 18.7 Å². The summed E-state index contributed by atoms with van der Waals surface area (Å²) in [5, 5.41) is 2.80. The number of carbonyl (C=O) groups excluding carboxylic acids is 1. The lowest BCUT2D eigenvalue weighted by Gasteiger charge is -2.15. The van der Waals surface area contributed by atoms with Crippen LogP contribution in [0.5, 0.6) is 5.75 Å². The highest BCUT2D eigenvalue weighted by molar-refractivity contribution is 5.94. The molecule has 0 spiro atoms. The van der Waals surface area contributed by atoms with E-state index >= 15 is 0 Å². The van der Waals surface area contributed by atoms with Crippen LogP contribution in [0, 0.1) is 11.7 Å². The second-order valence-corrected chi connectivity index (χ2v) is 5.16. The number of nitrogens with one attached hydrogen (secondary N) is 1. The van der Waals surface area contributed by atoms with E-state index in [0.717, 1.165) is 0 Å². The van der Waals surface area contributed by atoms with Gasteiger partial charge >= 0.3 is 0 Å². The van der Waals surface area contributed by atoms with Gasteiger partial charge in [0.15, 0.2) is 11.6 Å². The van der Waals surface area contributed by atoms with E-state index in [-0.39, 0.29) is 17.7 Å². The zero-order chi connectivity index (χ0) is 15.1. The molecule has 0 fully saturated rings. The lowest BCUT2D eigenvalue weighted by molar-refractivity contribution is 0.0791. The second-order valence-electron chi connectivity index (χ2n) is 5.16. The first-order valence-corrected chi connectivity index (χ1v) is 6.66. The van der Waals surface area contributed by atoms with Crippen LogP contribution in [0.25, 0.3) is 0 Å². The van der Waals surface area contributed by atoms with E-state index in [2.05, 4.69) is 19.2 Å². The minimum Gasteiger partial charge on any atom is -0.494 e. The van der Waals surface area contributed by atoms with Gasteiger partial charge in [-0.3, -0.25) is 4.79 Å². The first-order chi connectivity index (χ1) is 9.43. The summed E-state index contributed by atoms with van der Waals surface area (Å²) in [7, 11) is 1.36. The number of methoxy groups -OCH3 is 1.